The van der Waals surface area contributed by atoms with Gasteiger partial charge in [-0.1, -0.05) is 67.6 Å². The van der Waals surface area contributed by atoms with Crippen LogP contribution in [0.2, 0.25) is 0 Å². The van der Waals surface area contributed by atoms with Crippen LogP contribution in [0.25, 0.3) is 17.1 Å². The Morgan fingerprint density at radius 3 is 2.50 bits per heavy atom. The van der Waals surface area contributed by atoms with Crippen molar-refractivity contribution < 1.29 is 27.5 Å². The van der Waals surface area contributed by atoms with Crippen LogP contribution in [0.1, 0.15) is 49.3 Å². The second-order valence-electron chi connectivity index (χ2n) is 11.1. The highest BCUT2D eigenvalue weighted by Gasteiger charge is 2.32. The van der Waals surface area contributed by atoms with Crippen molar-refractivity contribution in [2.45, 2.75) is 52.3 Å². The number of aryl methyl sites for hydroxylation is 2. The molecule has 5 rings (SSSR count). The lowest BCUT2D eigenvalue weighted by atomic mass is 9.98. The number of anilines is 1. The molecule has 46 heavy (non-hydrogen) atoms. The van der Waals surface area contributed by atoms with E-state index in [1.165, 1.54) is 47.0 Å². The maximum Gasteiger partial charge on any atom is 0.573 e. The van der Waals surface area contributed by atoms with E-state index in [1.54, 1.807) is 4.90 Å². The number of urea groups is 1. The van der Waals surface area contributed by atoms with Crippen LogP contribution in [0, 0.1) is 6.92 Å². The molecule has 1 aromatic heterocycles. The molecule has 9 nitrogen and oxygen atoms in total. The summed E-state index contributed by atoms with van der Waals surface area (Å²) >= 11 is 1.27. The van der Waals surface area contributed by atoms with E-state index in [2.05, 4.69) is 45.0 Å². The average Bonchev–Trinajstić information content (AvgIpc) is 3.64. The predicted octanol–water partition coefficient (Wildman–Crippen LogP) is 7.43. The number of hydrogen-bond acceptors (Lipinski definition) is 6. The van der Waals surface area contributed by atoms with Crippen molar-refractivity contribution in [2.24, 2.45) is 4.99 Å². The van der Waals surface area contributed by atoms with Gasteiger partial charge in [0.15, 0.2) is 11.0 Å². The molecule has 0 bridgehead atoms. The first kappa shape index (κ1) is 32.7. The van der Waals surface area contributed by atoms with Crippen LogP contribution >= 0.6 is 11.8 Å². The van der Waals surface area contributed by atoms with Crippen LogP contribution in [0.4, 0.5) is 23.7 Å². The summed E-state index contributed by atoms with van der Waals surface area (Å²) in [5, 5.41) is 7.66. The van der Waals surface area contributed by atoms with Gasteiger partial charge in [-0.2, -0.15) is 4.99 Å². The van der Waals surface area contributed by atoms with Crippen LogP contribution in [-0.4, -0.2) is 50.5 Å². The molecule has 1 aliphatic rings. The minimum absolute atomic E-state index is 0.0920. The van der Waals surface area contributed by atoms with Crippen LogP contribution in [0.3, 0.4) is 0 Å². The number of rotatable bonds is 10. The summed E-state index contributed by atoms with van der Waals surface area (Å²) in [7, 11) is 0. The highest BCUT2D eigenvalue weighted by Crippen LogP contribution is 2.34. The van der Waals surface area contributed by atoms with Gasteiger partial charge in [-0.3, -0.25) is 9.69 Å². The molecule has 0 spiro atoms. The Morgan fingerprint density at radius 1 is 1.07 bits per heavy atom. The van der Waals surface area contributed by atoms with Gasteiger partial charge < -0.3 is 10.1 Å². The third-order valence-electron chi connectivity index (χ3n) is 7.22. The van der Waals surface area contributed by atoms with Gasteiger partial charge >= 0.3 is 12.4 Å². The first-order valence-corrected chi connectivity index (χ1v) is 15.8. The van der Waals surface area contributed by atoms with Gasteiger partial charge in [0.25, 0.3) is 0 Å². The first-order chi connectivity index (χ1) is 22.0. The Kier molecular flexibility index (Phi) is 10.1. The van der Waals surface area contributed by atoms with Crippen molar-refractivity contribution in [3.63, 3.8) is 0 Å². The Labute approximate surface area is 268 Å². The number of nitrogens with one attached hydrogen (secondary N) is 1. The minimum atomic E-state index is -4.75. The molecule has 1 aliphatic heterocycles. The molecule has 0 radical (unpaired) electrons. The van der Waals surface area contributed by atoms with Gasteiger partial charge in [-0.25, -0.2) is 14.5 Å². The summed E-state index contributed by atoms with van der Waals surface area (Å²) in [5.41, 5.74) is 5.37. The SMILES string of the molecule is Cc1ccc(N2C(=O)CS/C2=N\C(=O)NCCCCc2ccc(-c3ncn(-c4ccc(OC(F)(F)F)cc4)n3)cc2)c(C(C)C)c1. The number of thioether (sulfide) groups is 1. The lowest BCUT2D eigenvalue weighted by Crippen LogP contribution is -2.32. The second kappa shape index (κ2) is 14.2. The number of aromatic nitrogens is 3. The third kappa shape index (κ3) is 8.33. The number of unbranched alkanes of at least 4 members (excludes halogenated alkanes) is 1. The zero-order valence-corrected chi connectivity index (χ0v) is 26.4. The minimum Gasteiger partial charge on any atom is -0.406 e. The van der Waals surface area contributed by atoms with E-state index >= 15 is 0 Å². The van der Waals surface area contributed by atoms with Crippen molar-refractivity contribution in [1.82, 2.24) is 20.1 Å². The molecule has 240 valence electrons. The number of amides is 3. The topological polar surface area (TPSA) is 102 Å². The van der Waals surface area contributed by atoms with Crippen molar-refractivity contribution in [2.75, 3.05) is 17.2 Å². The zero-order chi connectivity index (χ0) is 32.8. The lowest BCUT2D eigenvalue weighted by Gasteiger charge is -2.22. The van der Waals surface area contributed by atoms with Gasteiger partial charge in [0, 0.05) is 12.1 Å². The fraction of sp³-hybridized carbons (Fsp3) is 0.303. The molecule has 1 saturated heterocycles. The number of amidine groups is 1. The summed E-state index contributed by atoms with van der Waals surface area (Å²) in [6.45, 7) is 6.62. The smallest absolute Gasteiger partial charge is 0.406 e. The molecule has 3 aromatic carbocycles. The van der Waals surface area contributed by atoms with Gasteiger partial charge in [0.05, 0.1) is 17.1 Å². The summed E-state index contributed by atoms with van der Waals surface area (Å²) in [6, 6.07) is 18.7. The number of halogens is 3. The summed E-state index contributed by atoms with van der Waals surface area (Å²) in [5.74, 6) is 0.529. The zero-order valence-electron chi connectivity index (χ0n) is 25.5. The number of nitrogens with zero attached hydrogens (tertiary/aromatic N) is 5. The van der Waals surface area contributed by atoms with E-state index < -0.39 is 12.4 Å². The number of hydrogen-bond donors (Lipinski definition) is 1. The Morgan fingerprint density at radius 2 is 1.80 bits per heavy atom. The number of carbonyl (C=O) groups is 2. The van der Waals surface area contributed by atoms with Crippen LogP contribution in [0.15, 0.2) is 78.0 Å². The largest absolute Gasteiger partial charge is 0.573 e. The van der Waals surface area contributed by atoms with E-state index in [1.807, 2.05) is 43.3 Å². The molecule has 13 heteroatoms. The standard InChI is InChI=1S/C33H33F3N6O3S/c1-21(2)27-18-22(3)7-16-28(27)42-29(43)19-46-32(42)39-31(44)37-17-5-4-6-23-8-10-24(11-9-23)30-38-20-41(40-30)25-12-14-26(15-13-25)45-33(34,35)36/h7-16,18,20-21H,4-6,17,19H2,1-3H3,(H,37,44)/b39-32-. The fourth-order valence-electron chi connectivity index (χ4n) is 4.94. The highest BCUT2D eigenvalue weighted by atomic mass is 32.2. The van der Waals surface area contributed by atoms with Gasteiger partial charge in [0.1, 0.15) is 12.1 Å². The number of alkyl halides is 3. The molecule has 4 aromatic rings. The van der Waals surface area contributed by atoms with Crippen LogP contribution in [-0.2, 0) is 11.2 Å². The first-order valence-electron chi connectivity index (χ1n) is 14.8. The lowest BCUT2D eigenvalue weighted by molar-refractivity contribution is -0.274. The van der Waals surface area contributed by atoms with E-state index in [0.29, 0.717) is 23.2 Å². The summed E-state index contributed by atoms with van der Waals surface area (Å²) in [6.07, 6.45) is -0.850. The molecule has 1 fully saturated rings. The van der Waals surface area contributed by atoms with Crippen molar-refractivity contribution in [3.8, 4) is 22.8 Å². The summed E-state index contributed by atoms with van der Waals surface area (Å²) in [4.78, 5) is 35.4. The Balaban J connectivity index is 1.09. The Bertz CT molecular complexity index is 1720. The van der Waals surface area contributed by atoms with Gasteiger partial charge in [-0.05, 0) is 73.6 Å². The average molecular weight is 651 g/mol. The monoisotopic (exact) mass is 650 g/mol. The molecule has 0 aliphatic carbocycles. The molecule has 0 unspecified atom stereocenters. The molecule has 1 N–H and O–H groups in total. The van der Waals surface area contributed by atoms with Crippen molar-refractivity contribution in [3.05, 3.63) is 89.7 Å². The number of ether oxygens (including phenoxy) is 1. The Hall–Kier alpha value is -4.65. The quantitative estimate of drug-likeness (QED) is 0.179. The molecule has 0 saturated carbocycles. The molecule has 0 atom stereocenters. The van der Waals surface area contributed by atoms with Crippen LogP contribution in [0.5, 0.6) is 5.75 Å². The van der Waals surface area contributed by atoms with Crippen molar-refractivity contribution in [1.29, 1.82) is 0 Å². The molecular weight excluding hydrogens is 617 g/mol. The normalized spacial score (nSPS) is 14.4. The molecule has 3 amide bonds. The predicted molar refractivity (Wildman–Crippen MR) is 172 cm³/mol. The van der Waals surface area contributed by atoms with Crippen molar-refractivity contribution >= 4 is 34.6 Å². The molecular formula is C33H33F3N6O3S. The molecule has 2 heterocycles. The maximum atomic E-state index is 12.7. The van der Waals surface area contributed by atoms with E-state index in [0.717, 1.165) is 47.2 Å². The third-order valence-corrected chi connectivity index (χ3v) is 8.14. The van der Waals surface area contributed by atoms with Gasteiger partial charge in [-0.15, -0.1) is 18.3 Å². The van der Waals surface area contributed by atoms with Crippen LogP contribution < -0.4 is 15.0 Å². The number of carbonyl (C=O) groups excluding carboxylic acids is 2. The van der Waals surface area contributed by atoms with E-state index in [-0.39, 0.29) is 23.3 Å². The number of aliphatic imine (C=N–C) groups is 1. The number of benzene rings is 3. The summed E-state index contributed by atoms with van der Waals surface area (Å²) < 4.78 is 42.6. The second-order valence-corrected chi connectivity index (χ2v) is 12.0. The van der Waals surface area contributed by atoms with E-state index in [4.69, 9.17) is 0 Å². The highest BCUT2D eigenvalue weighted by molar-refractivity contribution is 8.15. The maximum absolute atomic E-state index is 12.7. The van der Waals surface area contributed by atoms with E-state index in [9.17, 15) is 22.8 Å². The van der Waals surface area contributed by atoms with Gasteiger partial charge in [0.2, 0.25) is 5.91 Å². The fourth-order valence-corrected chi connectivity index (χ4v) is 5.80.